The van der Waals surface area contributed by atoms with Crippen LogP contribution in [0.4, 0.5) is 0 Å². The van der Waals surface area contributed by atoms with Gasteiger partial charge in [-0.2, -0.15) is 0 Å². The fraction of sp³-hybridized carbons (Fsp3) is 0.385. The van der Waals surface area contributed by atoms with E-state index in [-0.39, 0.29) is 0 Å². The molecule has 0 spiro atoms. The number of methoxy groups -OCH3 is 3. The molecule has 0 aliphatic rings. The molecule has 0 N–H and O–H groups in total. The van der Waals surface area contributed by atoms with Crippen molar-refractivity contribution in [1.29, 1.82) is 0 Å². The van der Waals surface area contributed by atoms with Crippen molar-refractivity contribution in [2.24, 2.45) is 5.11 Å². The van der Waals surface area contributed by atoms with Crippen molar-refractivity contribution in [1.82, 2.24) is 0 Å². The third-order valence-corrected chi connectivity index (χ3v) is 2.46. The Hall–Kier alpha value is -2.33. The van der Waals surface area contributed by atoms with Crippen LogP contribution in [0.3, 0.4) is 0 Å². The Labute approximate surface area is 112 Å². The lowest BCUT2D eigenvalue weighted by Crippen LogP contribution is -1.95. The molecule has 1 aromatic rings. The maximum absolute atomic E-state index is 8.16. The lowest BCUT2D eigenvalue weighted by molar-refractivity contribution is 0.324. The van der Waals surface area contributed by atoms with Gasteiger partial charge >= 0.3 is 0 Å². The number of hydrogen-bond acceptors (Lipinski definition) is 4. The number of azide groups is 1. The second kappa shape index (κ2) is 7.89. The van der Waals surface area contributed by atoms with Crippen LogP contribution in [-0.4, -0.2) is 27.9 Å². The highest BCUT2D eigenvalue weighted by Gasteiger charge is 2.11. The maximum Gasteiger partial charge on any atom is 0.203 e. The van der Waals surface area contributed by atoms with Gasteiger partial charge in [-0.1, -0.05) is 17.3 Å². The molecule has 0 aliphatic carbocycles. The van der Waals surface area contributed by atoms with E-state index in [1.165, 1.54) is 0 Å². The summed E-state index contributed by atoms with van der Waals surface area (Å²) in [6.45, 7) is 0.442. The Kier molecular flexibility index (Phi) is 6.12. The minimum absolute atomic E-state index is 0.442. The number of rotatable bonds is 7. The fourth-order valence-corrected chi connectivity index (χ4v) is 1.59. The number of ether oxygens (including phenoxy) is 3. The molecular formula is C13H17N3O3. The Morgan fingerprint density at radius 2 is 1.79 bits per heavy atom. The van der Waals surface area contributed by atoms with Crippen molar-refractivity contribution in [3.63, 3.8) is 0 Å². The van der Waals surface area contributed by atoms with E-state index in [4.69, 9.17) is 19.7 Å². The first-order valence-corrected chi connectivity index (χ1v) is 5.74. The summed E-state index contributed by atoms with van der Waals surface area (Å²) in [5, 5.41) is 3.46. The molecule has 6 nitrogen and oxygen atoms in total. The lowest BCUT2D eigenvalue weighted by atomic mass is 10.1. The zero-order chi connectivity index (χ0) is 14.1. The van der Waals surface area contributed by atoms with Crippen molar-refractivity contribution < 1.29 is 14.2 Å². The van der Waals surface area contributed by atoms with E-state index in [9.17, 15) is 0 Å². The van der Waals surface area contributed by atoms with E-state index in [1.807, 2.05) is 24.3 Å². The summed E-state index contributed by atoms with van der Waals surface area (Å²) in [5.74, 6) is 1.78. The fourth-order valence-electron chi connectivity index (χ4n) is 1.59. The summed E-state index contributed by atoms with van der Waals surface area (Å²) in [5.41, 5.74) is 9.09. The first kappa shape index (κ1) is 14.7. The molecule has 19 heavy (non-hydrogen) atoms. The second-order valence-electron chi connectivity index (χ2n) is 3.60. The monoisotopic (exact) mass is 263 g/mol. The quantitative estimate of drug-likeness (QED) is 0.327. The molecular weight excluding hydrogens is 246 g/mol. The average molecular weight is 263 g/mol. The first-order chi connectivity index (χ1) is 9.26. The van der Waals surface area contributed by atoms with Gasteiger partial charge < -0.3 is 14.2 Å². The van der Waals surface area contributed by atoms with Gasteiger partial charge in [0.25, 0.3) is 0 Å². The van der Waals surface area contributed by atoms with Crippen molar-refractivity contribution in [3.8, 4) is 17.2 Å². The van der Waals surface area contributed by atoms with Gasteiger partial charge in [0.05, 0.1) is 21.3 Å². The van der Waals surface area contributed by atoms with E-state index < -0.39 is 0 Å². The topological polar surface area (TPSA) is 76.5 Å². The number of hydrogen-bond donors (Lipinski definition) is 0. The normalized spacial score (nSPS) is 10.1. The van der Waals surface area contributed by atoms with Crippen LogP contribution < -0.4 is 14.2 Å². The molecule has 0 saturated heterocycles. The maximum atomic E-state index is 8.16. The Bertz CT molecular complexity index is 469. The lowest BCUT2D eigenvalue weighted by Gasteiger charge is -2.12. The first-order valence-electron chi connectivity index (χ1n) is 5.74. The van der Waals surface area contributed by atoms with Gasteiger partial charge in [-0.05, 0) is 29.6 Å². The van der Waals surface area contributed by atoms with Crippen LogP contribution in [0.5, 0.6) is 17.2 Å². The summed E-state index contributed by atoms with van der Waals surface area (Å²) >= 11 is 0. The molecule has 0 unspecified atom stereocenters. The van der Waals surface area contributed by atoms with Gasteiger partial charge in [0.2, 0.25) is 5.75 Å². The summed E-state index contributed by atoms with van der Waals surface area (Å²) < 4.78 is 15.8. The molecule has 0 amide bonds. The molecule has 0 radical (unpaired) electrons. The van der Waals surface area contributed by atoms with Gasteiger partial charge in [-0.25, -0.2) is 0 Å². The van der Waals surface area contributed by atoms with Gasteiger partial charge in [0.15, 0.2) is 11.5 Å². The smallest absolute Gasteiger partial charge is 0.203 e. The van der Waals surface area contributed by atoms with Crippen LogP contribution in [0.25, 0.3) is 16.5 Å². The summed E-state index contributed by atoms with van der Waals surface area (Å²) in [7, 11) is 4.72. The van der Waals surface area contributed by atoms with Crippen LogP contribution >= 0.6 is 0 Å². The molecule has 6 heteroatoms. The molecule has 0 atom stereocenters. The van der Waals surface area contributed by atoms with Crippen LogP contribution in [0.2, 0.25) is 0 Å². The summed E-state index contributed by atoms with van der Waals surface area (Å²) in [6.07, 6.45) is 4.52. The SMILES string of the molecule is COc1cc(C=CCCN=[N+]=[N-])cc(OC)c1OC. The third kappa shape index (κ3) is 4.12. The van der Waals surface area contributed by atoms with Gasteiger partial charge in [0.1, 0.15) is 0 Å². The predicted molar refractivity (Wildman–Crippen MR) is 73.8 cm³/mol. The molecule has 0 heterocycles. The number of benzene rings is 1. The Balaban J connectivity index is 2.92. The molecule has 1 rings (SSSR count). The third-order valence-electron chi connectivity index (χ3n) is 2.46. The zero-order valence-electron chi connectivity index (χ0n) is 11.3. The van der Waals surface area contributed by atoms with Crippen molar-refractivity contribution in [2.45, 2.75) is 6.42 Å². The van der Waals surface area contributed by atoms with Gasteiger partial charge in [0, 0.05) is 11.5 Å². The predicted octanol–water partition coefficient (Wildman–Crippen LogP) is 3.43. The highest BCUT2D eigenvalue weighted by Crippen LogP contribution is 2.38. The Morgan fingerprint density at radius 3 is 2.26 bits per heavy atom. The molecule has 0 aromatic heterocycles. The van der Waals surface area contributed by atoms with Crippen LogP contribution in [-0.2, 0) is 0 Å². The Morgan fingerprint density at radius 1 is 1.16 bits per heavy atom. The van der Waals surface area contributed by atoms with Crippen molar-refractivity contribution in [2.75, 3.05) is 27.9 Å². The van der Waals surface area contributed by atoms with Gasteiger partial charge in [-0.15, -0.1) is 0 Å². The van der Waals surface area contributed by atoms with E-state index >= 15 is 0 Å². The summed E-state index contributed by atoms with van der Waals surface area (Å²) in [6, 6.07) is 3.71. The highest BCUT2D eigenvalue weighted by molar-refractivity contribution is 5.62. The van der Waals surface area contributed by atoms with Crippen LogP contribution in [0, 0.1) is 0 Å². The molecule has 0 bridgehead atoms. The molecule has 1 aromatic carbocycles. The molecule has 0 fully saturated rings. The van der Waals surface area contributed by atoms with Crippen LogP contribution in [0.1, 0.15) is 12.0 Å². The minimum Gasteiger partial charge on any atom is -0.493 e. The van der Waals surface area contributed by atoms with Crippen molar-refractivity contribution >= 4 is 6.08 Å². The van der Waals surface area contributed by atoms with E-state index in [0.717, 1.165) is 5.56 Å². The standard InChI is InChI=1S/C13H17N3O3/c1-17-11-8-10(6-4-5-7-15-16-14)9-12(18-2)13(11)19-3/h4,6,8-9H,5,7H2,1-3H3. The minimum atomic E-state index is 0.442. The van der Waals surface area contributed by atoms with Crippen LogP contribution in [0.15, 0.2) is 23.3 Å². The summed E-state index contributed by atoms with van der Waals surface area (Å²) in [4.78, 5) is 2.69. The van der Waals surface area contributed by atoms with E-state index in [2.05, 4.69) is 10.0 Å². The zero-order valence-corrected chi connectivity index (χ0v) is 11.3. The molecule has 0 saturated carbocycles. The second-order valence-corrected chi connectivity index (χ2v) is 3.60. The van der Waals surface area contributed by atoms with E-state index in [0.29, 0.717) is 30.2 Å². The van der Waals surface area contributed by atoms with Gasteiger partial charge in [-0.3, -0.25) is 0 Å². The largest absolute Gasteiger partial charge is 0.493 e. The molecule has 0 aliphatic heterocycles. The molecule has 102 valence electrons. The average Bonchev–Trinajstić information content (AvgIpc) is 2.45. The highest BCUT2D eigenvalue weighted by atomic mass is 16.5. The van der Waals surface area contributed by atoms with E-state index in [1.54, 1.807) is 21.3 Å². The number of nitrogens with zero attached hydrogens (tertiary/aromatic N) is 3. The van der Waals surface area contributed by atoms with Crippen molar-refractivity contribution in [3.05, 3.63) is 34.2 Å².